The van der Waals surface area contributed by atoms with Crippen LogP contribution in [-0.4, -0.2) is 34.9 Å². The standard InChI is InChI=1S/C18H22ClN3O2S.2ClH/c19-13-4-6-16(7-5-13)24-11-17-21-14(12-25-17)9-18(23)22-8-2-1-3-15(22)10-20;;/h4-7,12,15H,1-3,8-11,20H2;2*1H. The van der Waals surface area contributed by atoms with Gasteiger partial charge in [0.05, 0.1) is 12.1 Å². The number of rotatable bonds is 6. The summed E-state index contributed by atoms with van der Waals surface area (Å²) >= 11 is 7.37. The van der Waals surface area contributed by atoms with Gasteiger partial charge in [-0.1, -0.05) is 11.6 Å². The van der Waals surface area contributed by atoms with E-state index in [1.807, 2.05) is 22.4 Å². The second-order valence-corrected chi connectivity index (χ2v) is 7.50. The third kappa shape index (κ3) is 6.80. The average molecular weight is 453 g/mol. The van der Waals surface area contributed by atoms with Crippen LogP contribution in [0.1, 0.15) is 30.0 Å². The van der Waals surface area contributed by atoms with Gasteiger partial charge in [0.2, 0.25) is 5.91 Å². The minimum atomic E-state index is 0. The van der Waals surface area contributed by atoms with E-state index in [0.29, 0.717) is 24.6 Å². The highest BCUT2D eigenvalue weighted by Crippen LogP contribution is 2.20. The Hall–Kier alpha value is -1.05. The molecule has 1 amide bonds. The Labute approximate surface area is 181 Å². The van der Waals surface area contributed by atoms with Crippen LogP contribution in [0.2, 0.25) is 5.02 Å². The van der Waals surface area contributed by atoms with Crippen molar-refractivity contribution in [3.8, 4) is 5.75 Å². The van der Waals surface area contributed by atoms with Crippen LogP contribution in [0.4, 0.5) is 0 Å². The molecule has 2 heterocycles. The molecule has 1 fully saturated rings. The number of hydrogen-bond acceptors (Lipinski definition) is 5. The van der Waals surface area contributed by atoms with Gasteiger partial charge in [0.15, 0.2) is 0 Å². The van der Waals surface area contributed by atoms with Crippen LogP contribution in [0.15, 0.2) is 29.6 Å². The van der Waals surface area contributed by atoms with Gasteiger partial charge in [-0.3, -0.25) is 4.79 Å². The van der Waals surface area contributed by atoms with E-state index in [0.717, 1.165) is 42.3 Å². The number of nitrogens with two attached hydrogens (primary N) is 1. The van der Waals surface area contributed by atoms with Gasteiger partial charge in [-0.25, -0.2) is 4.98 Å². The van der Waals surface area contributed by atoms with Gasteiger partial charge in [-0.15, -0.1) is 36.2 Å². The number of halogens is 3. The number of thiazole rings is 1. The highest BCUT2D eigenvalue weighted by Gasteiger charge is 2.25. The van der Waals surface area contributed by atoms with Gasteiger partial charge in [0, 0.05) is 29.5 Å². The van der Waals surface area contributed by atoms with Crippen LogP contribution < -0.4 is 10.5 Å². The monoisotopic (exact) mass is 451 g/mol. The second-order valence-electron chi connectivity index (χ2n) is 6.12. The molecular weight excluding hydrogens is 429 g/mol. The molecule has 1 aliphatic heterocycles. The quantitative estimate of drug-likeness (QED) is 0.716. The summed E-state index contributed by atoms with van der Waals surface area (Å²) in [7, 11) is 0. The van der Waals surface area contributed by atoms with Crippen molar-refractivity contribution in [2.24, 2.45) is 5.73 Å². The van der Waals surface area contributed by atoms with Gasteiger partial charge in [0.25, 0.3) is 0 Å². The van der Waals surface area contributed by atoms with E-state index in [9.17, 15) is 4.79 Å². The van der Waals surface area contributed by atoms with Gasteiger partial charge in [0.1, 0.15) is 17.4 Å². The number of carbonyl (C=O) groups is 1. The highest BCUT2D eigenvalue weighted by atomic mass is 35.5. The Balaban J connectivity index is 0.00000182. The molecule has 1 aromatic carbocycles. The van der Waals surface area contributed by atoms with Crippen LogP contribution in [0.3, 0.4) is 0 Å². The summed E-state index contributed by atoms with van der Waals surface area (Å²) in [5.74, 6) is 0.863. The summed E-state index contributed by atoms with van der Waals surface area (Å²) in [6.07, 6.45) is 3.53. The molecule has 2 aromatic rings. The zero-order valence-corrected chi connectivity index (χ0v) is 18.0. The molecule has 0 bridgehead atoms. The third-order valence-electron chi connectivity index (χ3n) is 4.33. The van der Waals surface area contributed by atoms with Gasteiger partial charge < -0.3 is 15.4 Å². The molecule has 0 radical (unpaired) electrons. The van der Waals surface area contributed by atoms with Crippen LogP contribution in [0.25, 0.3) is 0 Å². The molecule has 5 nitrogen and oxygen atoms in total. The minimum absolute atomic E-state index is 0. The van der Waals surface area contributed by atoms with Crippen molar-refractivity contribution >= 4 is 53.7 Å². The lowest BCUT2D eigenvalue weighted by Crippen LogP contribution is -2.48. The van der Waals surface area contributed by atoms with E-state index >= 15 is 0 Å². The molecule has 150 valence electrons. The molecule has 0 spiro atoms. The maximum Gasteiger partial charge on any atom is 0.228 e. The number of piperidine rings is 1. The Morgan fingerprint density at radius 3 is 2.74 bits per heavy atom. The molecule has 27 heavy (non-hydrogen) atoms. The molecule has 9 heteroatoms. The summed E-state index contributed by atoms with van der Waals surface area (Å²) in [4.78, 5) is 19.0. The zero-order valence-electron chi connectivity index (χ0n) is 14.8. The number of aromatic nitrogens is 1. The average Bonchev–Trinajstić information content (AvgIpc) is 3.08. The van der Waals surface area contributed by atoms with E-state index in [1.165, 1.54) is 11.3 Å². The summed E-state index contributed by atoms with van der Waals surface area (Å²) in [6.45, 7) is 1.72. The van der Waals surface area contributed by atoms with Crippen molar-refractivity contribution in [1.82, 2.24) is 9.88 Å². The molecule has 0 aliphatic carbocycles. The Morgan fingerprint density at radius 1 is 1.30 bits per heavy atom. The van der Waals surface area contributed by atoms with E-state index in [-0.39, 0.29) is 36.8 Å². The maximum absolute atomic E-state index is 12.5. The van der Waals surface area contributed by atoms with Crippen molar-refractivity contribution in [2.45, 2.75) is 38.3 Å². The molecule has 3 rings (SSSR count). The third-order valence-corrected chi connectivity index (χ3v) is 5.45. The number of benzene rings is 1. The van der Waals surface area contributed by atoms with Crippen LogP contribution >= 0.6 is 47.8 Å². The van der Waals surface area contributed by atoms with Crippen LogP contribution in [0, 0.1) is 0 Å². The van der Waals surface area contributed by atoms with Crippen LogP contribution in [-0.2, 0) is 17.8 Å². The predicted octanol–water partition coefficient (Wildman–Crippen LogP) is 4.10. The Bertz CT molecular complexity index is 712. The zero-order chi connectivity index (χ0) is 17.6. The number of likely N-dealkylation sites (tertiary alicyclic amines) is 1. The van der Waals surface area contributed by atoms with Crippen molar-refractivity contribution in [3.63, 3.8) is 0 Å². The lowest BCUT2D eigenvalue weighted by Gasteiger charge is -2.35. The van der Waals surface area contributed by atoms with Gasteiger partial charge in [-0.05, 0) is 43.5 Å². The first-order valence-electron chi connectivity index (χ1n) is 8.47. The van der Waals surface area contributed by atoms with Crippen LogP contribution in [0.5, 0.6) is 5.75 Å². The summed E-state index contributed by atoms with van der Waals surface area (Å²) in [5.41, 5.74) is 6.60. The molecular formula is C18H24Cl3N3O2S. The van der Waals surface area contributed by atoms with E-state index in [4.69, 9.17) is 22.1 Å². The van der Waals surface area contributed by atoms with E-state index in [1.54, 1.807) is 12.1 Å². The number of nitrogens with zero attached hydrogens (tertiary/aromatic N) is 2. The lowest BCUT2D eigenvalue weighted by atomic mass is 10.0. The minimum Gasteiger partial charge on any atom is -0.486 e. The molecule has 1 saturated heterocycles. The van der Waals surface area contributed by atoms with Gasteiger partial charge in [-0.2, -0.15) is 0 Å². The number of amides is 1. The van der Waals surface area contributed by atoms with E-state index in [2.05, 4.69) is 4.98 Å². The predicted molar refractivity (Wildman–Crippen MR) is 115 cm³/mol. The van der Waals surface area contributed by atoms with Crippen molar-refractivity contribution in [2.75, 3.05) is 13.1 Å². The van der Waals surface area contributed by atoms with Crippen molar-refractivity contribution in [1.29, 1.82) is 0 Å². The van der Waals surface area contributed by atoms with Gasteiger partial charge >= 0.3 is 0 Å². The van der Waals surface area contributed by atoms with Crippen molar-refractivity contribution < 1.29 is 9.53 Å². The number of carbonyl (C=O) groups excluding carboxylic acids is 1. The smallest absolute Gasteiger partial charge is 0.228 e. The molecule has 1 aromatic heterocycles. The summed E-state index contributed by atoms with van der Waals surface area (Å²) < 4.78 is 5.69. The maximum atomic E-state index is 12.5. The Morgan fingerprint density at radius 2 is 2.04 bits per heavy atom. The SMILES string of the molecule is Cl.Cl.NCC1CCCCN1C(=O)Cc1csc(COc2ccc(Cl)cc2)n1. The largest absolute Gasteiger partial charge is 0.486 e. The number of hydrogen-bond donors (Lipinski definition) is 1. The normalized spacial score (nSPS) is 16.2. The molecule has 2 N–H and O–H groups in total. The van der Waals surface area contributed by atoms with E-state index < -0.39 is 0 Å². The fourth-order valence-corrected chi connectivity index (χ4v) is 3.83. The number of ether oxygens (including phenoxy) is 1. The van der Waals surface area contributed by atoms with Crippen molar-refractivity contribution in [3.05, 3.63) is 45.4 Å². The first-order valence-corrected chi connectivity index (χ1v) is 9.72. The first-order chi connectivity index (χ1) is 12.2. The topological polar surface area (TPSA) is 68.5 Å². The molecule has 1 aliphatic rings. The molecule has 1 atom stereocenters. The summed E-state index contributed by atoms with van der Waals surface area (Å²) in [6, 6.07) is 7.39. The second kappa shape index (κ2) is 11.7. The first kappa shape index (κ1) is 24.0. The summed E-state index contributed by atoms with van der Waals surface area (Å²) in [5, 5.41) is 3.46. The fourth-order valence-electron chi connectivity index (χ4n) is 3.00. The molecule has 0 saturated carbocycles. The lowest BCUT2D eigenvalue weighted by molar-refractivity contribution is -0.133. The molecule has 1 unspecified atom stereocenters. The fraction of sp³-hybridized carbons (Fsp3) is 0.444. The highest BCUT2D eigenvalue weighted by molar-refractivity contribution is 7.09. The Kier molecular flexibility index (Phi) is 10.4.